The molecule has 0 atom stereocenters. The van der Waals surface area contributed by atoms with Crippen molar-refractivity contribution in [2.24, 2.45) is 5.10 Å². The van der Waals surface area contributed by atoms with Gasteiger partial charge in [0, 0.05) is 11.1 Å². The van der Waals surface area contributed by atoms with Gasteiger partial charge in [-0.15, -0.1) is 0 Å². The number of esters is 1. The molecule has 0 spiro atoms. The van der Waals surface area contributed by atoms with Crippen molar-refractivity contribution in [2.45, 2.75) is 13.3 Å². The maximum atomic E-state index is 12.9. The molecule has 5 heteroatoms. The van der Waals surface area contributed by atoms with E-state index in [2.05, 4.69) is 0 Å². The van der Waals surface area contributed by atoms with Crippen molar-refractivity contribution in [1.29, 1.82) is 0 Å². The number of anilines is 1. The molecular formula is C24H22N2O3. The van der Waals surface area contributed by atoms with Gasteiger partial charge in [0.1, 0.15) is 6.42 Å². The van der Waals surface area contributed by atoms with Crippen LogP contribution in [0.2, 0.25) is 0 Å². The zero-order valence-electron chi connectivity index (χ0n) is 16.2. The zero-order chi connectivity index (χ0) is 20.5. The van der Waals surface area contributed by atoms with Crippen LogP contribution in [0.4, 0.5) is 5.69 Å². The first kappa shape index (κ1) is 20.0. The molecule has 0 fully saturated rings. The minimum absolute atomic E-state index is 0.222. The van der Waals surface area contributed by atoms with E-state index in [-0.39, 0.29) is 13.0 Å². The number of carbonyl (C=O) groups is 2. The average Bonchev–Trinajstić information content (AvgIpc) is 2.76. The van der Waals surface area contributed by atoms with Crippen molar-refractivity contribution in [1.82, 2.24) is 0 Å². The highest BCUT2D eigenvalue weighted by molar-refractivity contribution is 6.15. The Bertz CT molecular complexity index is 929. The second-order valence-electron chi connectivity index (χ2n) is 6.20. The summed E-state index contributed by atoms with van der Waals surface area (Å²) in [5.74, 6) is -1.03. The van der Waals surface area contributed by atoms with Gasteiger partial charge in [-0.25, -0.2) is 0 Å². The summed E-state index contributed by atoms with van der Waals surface area (Å²) in [6.45, 7) is 1.93. The number of benzene rings is 3. The molecule has 3 aromatic carbocycles. The summed E-state index contributed by atoms with van der Waals surface area (Å²) >= 11 is 0. The second kappa shape index (κ2) is 9.99. The normalized spacial score (nSPS) is 10.1. The molecule has 0 N–H and O–H groups in total. The smallest absolute Gasteiger partial charge is 0.315 e. The second-order valence-corrected chi connectivity index (χ2v) is 6.20. The van der Waals surface area contributed by atoms with Crippen LogP contribution in [0.5, 0.6) is 0 Å². The summed E-state index contributed by atoms with van der Waals surface area (Å²) in [5, 5.41) is 5.96. The SMILES string of the molecule is CCOC(=O)CC(=O)N(N=C(c1ccccc1)c1ccccc1)c1ccccc1. The molecule has 146 valence electrons. The molecule has 3 rings (SSSR count). The highest BCUT2D eigenvalue weighted by Crippen LogP contribution is 2.19. The molecule has 0 bridgehead atoms. The van der Waals surface area contributed by atoms with Crippen LogP contribution in [0.25, 0.3) is 0 Å². The Morgan fingerprint density at radius 1 is 0.793 bits per heavy atom. The molecule has 0 saturated carbocycles. The third-order valence-electron chi connectivity index (χ3n) is 4.13. The van der Waals surface area contributed by atoms with E-state index in [0.29, 0.717) is 11.4 Å². The molecule has 29 heavy (non-hydrogen) atoms. The van der Waals surface area contributed by atoms with Crippen LogP contribution in [0, 0.1) is 0 Å². The Labute approximate surface area is 170 Å². The highest BCUT2D eigenvalue weighted by atomic mass is 16.5. The van der Waals surface area contributed by atoms with Gasteiger partial charge in [0.15, 0.2) is 0 Å². The molecule has 0 aromatic heterocycles. The molecule has 1 amide bonds. The number of para-hydroxylation sites is 1. The van der Waals surface area contributed by atoms with E-state index in [0.717, 1.165) is 11.1 Å². The largest absolute Gasteiger partial charge is 0.466 e. The first-order valence-corrected chi connectivity index (χ1v) is 9.42. The number of hydrogen-bond acceptors (Lipinski definition) is 4. The van der Waals surface area contributed by atoms with Gasteiger partial charge in [-0.3, -0.25) is 9.59 Å². The summed E-state index contributed by atoms with van der Waals surface area (Å²) in [6, 6.07) is 28.3. The van der Waals surface area contributed by atoms with Gasteiger partial charge in [-0.1, -0.05) is 78.9 Å². The maximum Gasteiger partial charge on any atom is 0.315 e. The van der Waals surface area contributed by atoms with Crippen molar-refractivity contribution >= 4 is 23.3 Å². The Morgan fingerprint density at radius 2 is 1.28 bits per heavy atom. The lowest BCUT2D eigenvalue weighted by atomic mass is 10.0. The quantitative estimate of drug-likeness (QED) is 0.261. The first-order valence-electron chi connectivity index (χ1n) is 9.42. The monoisotopic (exact) mass is 386 g/mol. The fourth-order valence-corrected chi connectivity index (χ4v) is 2.81. The standard InChI is InChI=1S/C24H22N2O3/c1-2-29-23(28)18-22(27)26(21-16-10-5-11-17-21)25-24(19-12-6-3-7-13-19)20-14-8-4-9-15-20/h3-17H,2,18H2,1H3. The van der Waals surface area contributed by atoms with Crippen molar-refractivity contribution in [3.05, 3.63) is 102 Å². The molecule has 3 aromatic rings. The molecule has 5 nitrogen and oxygen atoms in total. The number of carbonyl (C=O) groups excluding carboxylic acids is 2. The molecule has 0 aliphatic heterocycles. The predicted octanol–water partition coefficient (Wildman–Crippen LogP) is 4.43. The van der Waals surface area contributed by atoms with Gasteiger partial charge in [0.25, 0.3) is 5.91 Å². The molecule has 0 heterocycles. The fraction of sp³-hybridized carbons (Fsp3) is 0.125. The lowest BCUT2D eigenvalue weighted by Crippen LogP contribution is -2.30. The van der Waals surface area contributed by atoms with E-state index in [1.807, 2.05) is 78.9 Å². The van der Waals surface area contributed by atoms with Crippen LogP contribution in [-0.4, -0.2) is 24.2 Å². The molecule has 0 unspecified atom stereocenters. The van der Waals surface area contributed by atoms with E-state index in [1.165, 1.54) is 5.01 Å². The van der Waals surface area contributed by atoms with Gasteiger partial charge in [-0.2, -0.15) is 10.1 Å². The van der Waals surface area contributed by atoms with E-state index >= 15 is 0 Å². The van der Waals surface area contributed by atoms with Crippen LogP contribution in [-0.2, 0) is 14.3 Å². The van der Waals surface area contributed by atoms with E-state index in [4.69, 9.17) is 9.84 Å². The van der Waals surface area contributed by atoms with Crippen molar-refractivity contribution in [3.8, 4) is 0 Å². The molecule has 0 radical (unpaired) electrons. The highest BCUT2D eigenvalue weighted by Gasteiger charge is 2.21. The number of rotatable bonds is 7. The van der Waals surface area contributed by atoms with Crippen LogP contribution < -0.4 is 5.01 Å². The summed E-state index contributed by atoms with van der Waals surface area (Å²) < 4.78 is 4.94. The third-order valence-corrected chi connectivity index (χ3v) is 4.13. The number of ether oxygens (including phenoxy) is 1. The van der Waals surface area contributed by atoms with Crippen LogP contribution in [0.1, 0.15) is 24.5 Å². The maximum absolute atomic E-state index is 12.9. The zero-order valence-corrected chi connectivity index (χ0v) is 16.2. The van der Waals surface area contributed by atoms with E-state index in [1.54, 1.807) is 19.1 Å². The minimum atomic E-state index is -0.574. The van der Waals surface area contributed by atoms with Crippen LogP contribution in [0.15, 0.2) is 96.1 Å². The fourth-order valence-electron chi connectivity index (χ4n) is 2.81. The lowest BCUT2D eigenvalue weighted by molar-refractivity contribution is -0.145. The summed E-state index contributed by atoms with van der Waals surface area (Å²) in [7, 11) is 0. The predicted molar refractivity (Wildman–Crippen MR) is 114 cm³/mol. The lowest BCUT2D eigenvalue weighted by Gasteiger charge is -2.19. The third kappa shape index (κ3) is 5.39. The van der Waals surface area contributed by atoms with Crippen molar-refractivity contribution in [3.63, 3.8) is 0 Å². The number of hydrogen-bond donors (Lipinski definition) is 0. The Morgan fingerprint density at radius 3 is 1.76 bits per heavy atom. The Hall–Kier alpha value is -3.73. The Kier molecular flexibility index (Phi) is 6.90. The first-order chi connectivity index (χ1) is 14.2. The van der Waals surface area contributed by atoms with E-state index in [9.17, 15) is 9.59 Å². The van der Waals surface area contributed by atoms with Gasteiger partial charge in [0.05, 0.1) is 18.0 Å². The number of amides is 1. The minimum Gasteiger partial charge on any atom is -0.466 e. The molecule has 0 aliphatic carbocycles. The van der Waals surface area contributed by atoms with Gasteiger partial charge in [-0.05, 0) is 19.1 Å². The van der Waals surface area contributed by atoms with Crippen molar-refractivity contribution in [2.75, 3.05) is 11.6 Å². The summed E-state index contributed by atoms with van der Waals surface area (Å²) in [4.78, 5) is 24.8. The molecule has 0 saturated heterocycles. The topological polar surface area (TPSA) is 59.0 Å². The van der Waals surface area contributed by atoms with Gasteiger partial charge >= 0.3 is 5.97 Å². The van der Waals surface area contributed by atoms with Crippen LogP contribution in [0.3, 0.4) is 0 Å². The van der Waals surface area contributed by atoms with Gasteiger partial charge in [0.2, 0.25) is 0 Å². The number of hydrazone groups is 1. The molecule has 0 aliphatic rings. The summed E-state index contributed by atoms with van der Waals surface area (Å²) in [5.41, 5.74) is 2.94. The summed E-state index contributed by atoms with van der Waals surface area (Å²) in [6.07, 6.45) is -0.386. The number of nitrogens with zero attached hydrogens (tertiary/aromatic N) is 2. The van der Waals surface area contributed by atoms with Crippen LogP contribution >= 0.6 is 0 Å². The Balaban J connectivity index is 2.07. The van der Waals surface area contributed by atoms with Crippen molar-refractivity contribution < 1.29 is 14.3 Å². The van der Waals surface area contributed by atoms with Gasteiger partial charge < -0.3 is 4.74 Å². The average molecular weight is 386 g/mol. The van der Waals surface area contributed by atoms with E-state index < -0.39 is 11.9 Å². The molecular weight excluding hydrogens is 364 g/mol.